The summed E-state index contributed by atoms with van der Waals surface area (Å²) in [5.74, 6) is 0.712. The summed E-state index contributed by atoms with van der Waals surface area (Å²) in [5, 5.41) is 0. The molecule has 1 aliphatic rings. The van der Waals surface area contributed by atoms with Crippen LogP contribution in [0.25, 0.3) is 11.5 Å². The van der Waals surface area contributed by atoms with Crippen LogP contribution in [0.15, 0.2) is 36.7 Å². The number of hydrogen-bond acceptors (Lipinski definition) is 4. The second kappa shape index (κ2) is 5.36. The van der Waals surface area contributed by atoms with Gasteiger partial charge in [0.15, 0.2) is 5.82 Å². The molecule has 0 bridgehead atoms. The molecule has 1 aliphatic heterocycles. The second-order valence-corrected chi connectivity index (χ2v) is 4.89. The molecule has 5 heteroatoms. The van der Waals surface area contributed by atoms with Gasteiger partial charge in [0.1, 0.15) is 5.69 Å². The molecule has 20 heavy (non-hydrogen) atoms. The lowest BCUT2D eigenvalue weighted by molar-refractivity contribution is -0.129. The van der Waals surface area contributed by atoms with E-state index < -0.39 is 0 Å². The summed E-state index contributed by atoms with van der Waals surface area (Å²) in [6.07, 6.45) is 5.44. The smallest absolute Gasteiger partial charge is 0.220 e. The Morgan fingerprint density at radius 2 is 2.15 bits per heavy atom. The maximum atomic E-state index is 11.7. The van der Waals surface area contributed by atoms with Crippen molar-refractivity contribution in [2.75, 3.05) is 6.54 Å². The van der Waals surface area contributed by atoms with Gasteiger partial charge >= 0.3 is 0 Å². The molecule has 0 radical (unpaired) electrons. The third-order valence-electron chi connectivity index (χ3n) is 3.57. The van der Waals surface area contributed by atoms with Crippen molar-refractivity contribution >= 4 is 5.91 Å². The Kier molecular flexibility index (Phi) is 3.41. The van der Waals surface area contributed by atoms with Crippen LogP contribution in [0.2, 0.25) is 0 Å². The fourth-order valence-corrected chi connectivity index (χ4v) is 2.63. The third kappa shape index (κ3) is 2.39. The predicted molar refractivity (Wildman–Crippen MR) is 74.6 cm³/mol. The van der Waals surface area contributed by atoms with E-state index in [1.807, 2.05) is 29.2 Å². The van der Waals surface area contributed by atoms with Crippen LogP contribution in [-0.4, -0.2) is 32.3 Å². The molecule has 0 spiro atoms. The molecule has 102 valence electrons. The summed E-state index contributed by atoms with van der Waals surface area (Å²) in [7, 11) is 0. The quantitative estimate of drug-likeness (QED) is 0.838. The third-order valence-corrected chi connectivity index (χ3v) is 3.57. The van der Waals surface area contributed by atoms with Crippen molar-refractivity contribution in [3.63, 3.8) is 0 Å². The van der Waals surface area contributed by atoms with Gasteiger partial charge in [0.05, 0.1) is 11.7 Å². The number of hydrogen-bond donors (Lipinski definition) is 0. The first-order chi connectivity index (χ1) is 9.75. The minimum Gasteiger partial charge on any atom is -0.334 e. The first kappa shape index (κ1) is 12.7. The molecule has 0 aliphatic carbocycles. The predicted octanol–water partition coefficient (Wildman–Crippen LogP) is 2.22. The molecule has 0 saturated carbocycles. The van der Waals surface area contributed by atoms with Crippen LogP contribution in [0.1, 0.15) is 31.5 Å². The van der Waals surface area contributed by atoms with E-state index in [0.717, 1.165) is 30.8 Å². The van der Waals surface area contributed by atoms with Crippen molar-refractivity contribution in [3.05, 3.63) is 42.4 Å². The molecule has 3 rings (SSSR count). The average Bonchev–Trinajstić information content (AvgIpc) is 2.98. The van der Waals surface area contributed by atoms with Crippen molar-refractivity contribution in [2.24, 2.45) is 0 Å². The number of nitrogens with zero attached hydrogens (tertiary/aromatic N) is 4. The molecule has 1 saturated heterocycles. The van der Waals surface area contributed by atoms with E-state index in [0.29, 0.717) is 5.82 Å². The van der Waals surface area contributed by atoms with E-state index in [2.05, 4.69) is 15.0 Å². The lowest BCUT2D eigenvalue weighted by atomic mass is 10.1. The molecule has 0 N–H and O–H groups in total. The summed E-state index contributed by atoms with van der Waals surface area (Å²) >= 11 is 0. The zero-order valence-electron chi connectivity index (χ0n) is 11.4. The molecule has 1 fully saturated rings. The Morgan fingerprint density at radius 3 is 2.90 bits per heavy atom. The minimum absolute atomic E-state index is 0.0676. The van der Waals surface area contributed by atoms with Crippen molar-refractivity contribution < 1.29 is 4.79 Å². The first-order valence-corrected chi connectivity index (χ1v) is 6.77. The highest BCUT2D eigenvalue weighted by molar-refractivity contribution is 5.74. The van der Waals surface area contributed by atoms with Crippen LogP contribution in [0.3, 0.4) is 0 Å². The molecular weight excluding hydrogens is 252 g/mol. The molecular formula is C15H16N4O. The standard InChI is InChI=1S/C15H16N4O/c1-11(20)19-10-4-6-14(19)12-7-9-17-15(18-12)13-5-2-3-8-16-13/h2-3,5,7-9,14H,4,6,10H2,1H3. The molecule has 5 nitrogen and oxygen atoms in total. The Bertz CT molecular complexity index is 614. The van der Waals surface area contributed by atoms with Gasteiger partial charge in [-0.15, -0.1) is 0 Å². The van der Waals surface area contributed by atoms with Crippen molar-refractivity contribution in [3.8, 4) is 11.5 Å². The summed E-state index contributed by atoms with van der Waals surface area (Å²) in [6, 6.07) is 7.62. The topological polar surface area (TPSA) is 59.0 Å². The zero-order valence-corrected chi connectivity index (χ0v) is 11.4. The van der Waals surface area contributed by atoms with Crippen molar-refractivity contribution in [2.45, 2.75) is 25.8 Å². The van der Waals surface area contributed by atoms with Gasteiger partial charge in [-0.2, -0.15) is 0 Å². The molecule has 0 aromatic carbocycles. The largest absolute Gasteiger partial charge is 0.334 e. The molecule has 1 unspecified atom stereocenters. The maximum absolute atomic E-state index is 11.7. The lowest BCUT2D eigenvalue weighted by Crippen LogP contribution is -2.28. The van der Waals surface area contributed by atoms with Crippen LogP contribution in [0.4, 0.5) is 0 Å². The van der Waals surface area contributed by atoms with Gasteiger partial charge in [-0.1, -0.05) is 6.07 Å². The van der Waals surface area contributed by atoms with Gasteiger partial charge < -0.3 is 4.90 Å². The highest BCUT2D eigenvalue weighted by Crippen LogP contribution is 2.31. The molecule has 1 atom stereocenters. The Labute approximate surface area is 117 Å². The summed E-state index contributed by atoms with van der Waals surface area (Å²) in [4.78, 5) is 26.7. The summed E-state index contributed by atoms with van der Waals surface area (Å²) < 4.78 is 0. The monoisotopic (exact) mass is 268 g/mol. The van der Waals surface area contributed by atoms with Gasteiger partial charge in [0.2, 0.25) is 5.91 Å². The fraction of sp³-hybridized carbons (Fsp3) is 0.333. The van der Waals surface area contributed by atoms with Crippen LogP contribution >= 0.6 is 0 Å². The van der Waals surface area contributed by atoms with Gasteiger partial charge in [0, 0.05) is 25.9 Å². The number of likely N-dealkylation sites (tertiary alicyclic amines) is 1. The number of amides is 1. The minimum atomic E-state index is 0.0676. The van der Waals surface area contributed by atoms with E-state index in [-0.39, 0.29) is 11.9 Å². The van der Waals surface area contributed by atoms with E-state index in [9.17, 15) is 4.79 Å². The lowest BCUT2D eigenvalue weighted by Gasteiger charge is -2.22. The number of pyridine rings is 1. The highest BCUT2D eigenvalue weighted by Gasteiger charge is 2.29. The highest BCUT2D eigenvalue weighted by atomic mass is 16.2. The van der Waals surface area contributed by atoms with Gasteiger partial charge in [-0.3, -0.25) is 9.78 Å². The van der Waals surface area contributed by atoms with Crippen molar-refractivity contribution in [1.82, 2.24) is 19.9 Å². The zero-order chi connectivity index (χ0) is 13.9. The van der Waals surface area contributed by atoms with Crippen LogP contribution < -0.4 is 0 Å². The Balaban J connectivity index is 1.94. The van der Waals surface area contributed by atoms with E-state index in [4.69, 9.17) is 0 Å². The summed E-state index contributed by atoms with van der Waals surface area (Å²) in [6.45, 7) is 2.42. The number of carbonyl (C=O) groups excluding carboxylic acids is 1. The number of rotatable bonds is 2. The Hall–Kier alpha value is -2.30. The normalized spacial score (nSPS) is 18.2. The number of aromatic nitrogens is 3. The molecule has 2 aromatic rings. The molecule has 2 aromatic heterocycles. The van der Waals surface area contributed by atoms with E-state index in [1.54, 1.807) is 19.3 Å². The molecule has 1 amide bonds. The maximum Gasteiger partial charge on any atom is 0.220 e. The second-order valence-electron chi connectivity index (χ2n) is 4.89. The van der Waals surface area contributed by atoms with E-state index >= 15 is 0 Å². The number of carbonyl (C=O) groups is 1. The van der Waals surface area contributed by atoms with Crippen LogP contribution in [-0.2, 0) is 4.79 Å². The SMILES string of the molecule is CC(=O)N1CCCC1c1ccnc(-c2ccccn2)n1. The first-order valence-electron chi connectivity index (χ1n) is 6.77. The van der Waals surface area contributed by atoms with Gasteiger partial charge in [0.25, 0.3) is 0 Å². The molecule has 3 heterocycles. The Morgan fingerprint density at radius 1 is 1.25 bits per heavy atom. The van der Waals surface area contributed by atoms with Crippen LogP contribution in [0, 0.1) is 0 Å². The van der Waals surface area contributed by atoms with Crippen molar-refractivity contribution in [1.29, 1.82) is 0 Å². The average molecular weight is 268 g/mol. The fourth-order valence-electron chi connectivity index (χ4n) is 2.63. The van der Waals surface area contributed by atoms with Gasteiger partial charge in [-0.25, -0.2) is 9.97 Å². The van der Waals surface area contributed by atoms with Gasteiger partial charge in [-0.05, 0) is 31.0 Å². The van der Waals surface area contributed by atoms with E-state index in [1.165, 1.54) is 0 Å². The van der Waals surface area contributed by atoms with Crippen LogP contribution in [0.5, 0.6) is 0 Å². The summed E-state index contributed by atoms with van der Waals surface area (Å²) in [5.41, 5.74) is 1.65.